The Morgan fingerprint density at radius 2 is 2.00 bits per heavy atom. The molecule has 0 aliphatic heterocycles. The van der Waals surface area contributed by atoms with Crippen LogP contribution >= 0.6 is 0 Å². The van der Waals surface area contributed by atoms with Crippen LogP contribution in [-0.2, 0) is 6.42 Å². The molecule has 2 heterocycles. The third-order valence-corrected chi connectivity index (χ3v) is 3.82. The molecule has 3 aromatic rings. The van der Waals surface area contributed by atoms with Crippen molar-refractivity contribution < 1.29 is 9.53 Å². The Balaban J connectivity index is 2.01. The molecule has 5 nitrogen and oxygen atoms in total. The van der Waals surface area contributed by atoms with Crippen molar-refractivity contribution in [2.24, 2.45) is 0 Å². The van der Waals surface area contributed by atoms with Crippen molar-refractivity contribution in [2.45, 2.75) is 20.3 Å². The fourth-order valence-corrected chi connectivity index (χ4v) is 2.55. The fraction of sp³-hybridized carbons (Fsp3) is 0.211. The van der Waals surface area contributed by atoms with Crippen LogP contribution in [0.15, 0.2) is 36.5 Å². The van der Waals surface area contributed by atoms with Crippen LogP contribution in [0.5, 0.6) is 5.88 Å². The molecule has 24 heavy (non-hydrogen) atoms. The topological polar surface area (TPSA) is 56.5 Å². The molecule has 0 atom stereocenters. The van der Waals surface area contributed by atoms with Gasteiger partial charge in [0.15, 0.2) is 0 Å². The van der Waals surface area contributed by atoms with Crippen LogP contribution in [0.1, 0.15) is 34.2 Å². The standard InChI is InChI=1S/C19H17N3O2/c1-4-15-13(2)22-12-16(20-19(22)21-18(15)24-3)17(23)11-10-14-8-6-5-7-9-14/h5-9,12H,4H2,1-3H3. The van der Waals surface area contributed by atoms with E-state index in [1.807, 2.05) is 44.2 Å². The second kappa shape index (κ2) is 6.55. The maximum absolute atomic E-state index is 12.3. The molecule has 2 aromatic heterocycles. The highest BCUT2D eigenvalue weighted by Gasteiger charge is 2.16. The zero-order valence-electron chi connectivity index (χ0n) is 13.8. The Hall–Kier alpha value is -3.13. The first-order chi connectivity index (χ1) is 11.6. The minimum atomic E-state index is -0.333. The van der Waals surface area contributed by atoms with E-state index in [1.54, 1.807) is 17.7 Å². The molecule has 3 rings (SSSR count). The van der Waals surface area contributed by atoms with Crippen molar-refractivity contribution in [1.82, 2.24) is 14.4 Å². The lowest BCUT2D eigenvalue weighted by atomic mass is 10.2. The molecule has 0 radical (unpaired) electrons. The van der Waals surface area contributed by atoms with Crippen LogP contribution < -0.4 is 4.74 Å². The molecular weight excluding hydrogens is 302 g/mol. The Morgan fingerprint density at radius 1 is 1.25 bits per heavy atom. The number of Topliss-reactive ketones (excluding diaryl/α,β-unsaturated/α-hetero) is 1. The number of ether oxygens (including phenoxy) is 1. The first-order valence-corrected chi connectivity index (χ1v) is 7.68. The van der Waals surface area contributed by atoms with E-state index in [0.29, 0.717) is 11.7 Å². The van der Waals surface area contributed by atoms with Crippen LogP contribution in [0.3, 0.4) is 0 Å². The van der Waals surface area contributed by atoms with E-state index in [-0.39, 0.29) is 11.5 Å². The fourth-order valence-electron chi connectivity index (χ4n) is 2.55. The number of benzene rings is 1. The molecule has 5 heteroatoms. The molecule has 0 amide bonds. The number of carbonyl (C=O) groups is 1. The summed E-state index contributed by atoms with van der Waals surface area (Å²) in [6.07, 6.45) is 2.46. The van der Waals surface area contributed by atoms with Gasteiger partial charge in [-0.2, -0.15) is 4.98 Å². The average Bonchev–Trinajstić information content (AvgIpc) is 3.05. The van der Waals surface area contributed by atoms with E-state index in [9.17, 15) is 4.79 Å². The molecular formula is C19H17N3O2. The lowest BCUT2D eigenvalue weighted by Gasteiger charge is -2.10. The SMILES string of the molecule is CCc1c(OC)nc2nc(C(=O)C#Cc3ccccc3)cn2c1C. The van der Waals surface area contributed by atoms with E-state index in [2.05, 4.69) is 21.8 Å². The Morgan fingerprint density at radius 3 is 2.67 bits per heavy atom. The van der Waals surface area contributed by atoms with Gasteiger partial charge in [-0.3, -0.25) is 9.20 Å². The van der Waals surface area contributed by atoms with Crippen molar-refractivity contribution in [1.29, 1.82) is 0 Å². The second-order valence-corrected chi connectivity index (χ2v) is 5.28. The number of aryl methyl sites for hydroxylation is 1. The van der Waals surface area contributed by atoms with Gasteiger partial charge >= 0.3 is 0 Å². The molecule has 0 spiro atoms. The van der Waals surface area contributed by atoms with Gasteiger partial charge in [0, 0.05) is 23.0 Å². The summed E-state index contributed by atoms with van der Waals surface area (Å²) in [5.74, 6) is 6.13. The smallest absolute Gasteiger partial charge is 0.256 e. The van der Waals surface area contributed by atoms with E-state index < -0.39 is 0 Å². The lowest BCUT2D eigenvalue weighted by molar-refractivity contribution is 0.105. The van der Waals surface area contributed by atoms with Gasteiger partial charge in [-0.1, -0.05) is 31.0 Å². The van der Waals surface area contributed by atoms with Crippen molar-refractivity contribution in [3.05, 3.63) is 59.0 Å². The number of rotatable bonds is 3. The molecule has 0 saturated carbocycles. The van der Waals surface area contributed by atoms with E-state index in [4.69, 9.17) is 4.74 Å². The highest BCUT2D eigenvalue weighted by Crippen LogP contribution is 2.22. The number of aromatic nitrogens is 3. The van der Waals surface area contributed by atoms with Gasteiger partial charge in [0.05, 0.1) is 7.11 Å². The third kappa shape index (κ3) is 2.86. The van der Waals surface area contributed by atoms with Crippen molar-refractivity contribution in [3.8, 4) is 17.7 Å². The van der Waals surface area contributed by atoms with E-state index >= 15 is 0 Å². The predicted molar refractivity (Wildman–Crippen MR) is 91.3 cm³/mol. The molecule has 1 aromatic carbocycles. The summed E-state index contributed by atoms with van der Waals surface area (Å²) in [6, 6.07) is 9.38. The highest BCUT2D eigenvalue weighted by atomic mass is 16.5. The molecule has 0 N–H and O–H groups in total. The molecule has 0 fully saturated rings. The zero-order valence-corrected chi connectivity index (χ0v) is 13.8. The Kier molecular flexibility index (Phi) is 4.30. The maximum Gasteiger partial charge on any atom is 0.256 e. The van der Waals surface area contributed by atoms with Crippen molar-refractivity contribution in [3.63, 3.8) is 0 Å². The quantitative estimate of drug-likeness (QED) is 0.550. The van der Waals surface area contributed by atoms with Gasteiger partial charge in [-0.15, -0.1) is 0 Å². The van der Waals surface area contributed by atoms with Gasteiger partial charge < -0.3 is 4.74 Å². The Labute approximate surface area is 140 Å². The summed E-state index contributed by atoms with van der Waals surface area (Å²) in [5.41, 5.74) is 3.03. The summed E-state index contributed by atoms with van der Waals surface area (Å²) < 4.78 is 7.13. The van der Waals surface area contributed by atoms with Crippen molar-refractivity contribution in [2.75, 3.05) is 7.11 Å². The number of hydrogen-bond acceptors (Lipinski definition) is 4. The number of fused-ring (bicyclic) bond motifs is 1. The lowest BCUT2D eigenvalue weighted by Crippen LogP contribution is -2.03. The van der Waals surface area contributed by atoms with Crippen LogP contribution in [0, 0.1) is 18.8 Å². The van der Waals surface area contributed by atoms with Crippen LogP contribution in [-0.4, -0.2) is 27.3 Å². The number of methoxy groups -OCH3 is 1. The molecule has 0 aliphatic rings. The number of ketones is 1. The van der Waals surface area contributed by atoms with Crippen LogP contribution in [0.25, 0.3) is 5.78 Å². The van der Waals surface area contributed by atoms with Gasteiger partial charge in [0.2, 0.25) is 11.7 Å². The number of hydrogen-bond donors (Lipinski definition) is 0. The zero-order chi connectivity index (χ0) is 17.1. The molecule has 0 aliphatic carbocycles. The third-order valence-electron chi connectivity index (χ3n) is 3.82. The average molecular weight is 319 g/mol. The summed E-state index contributed by atoms with van der Waals surface area (Å²) in [6.45, 7) is 3.99. The van der Waals surface area contributed by atoms with E-state index in [0.717, 1.165) is 23.2 Å². The first kappa shape index (κ1) is 15.8. The molecule has 0 bridgehead atoms. The predicted octanol–water partition coefficient (Wildman–Crippen LogP) is 2.84. The first-order valence-electron chi connectivity index (χ1n) is 7.68. The summed E-state index contributed by atoms with van der Waals surface area (Å²) >= 11 is 0. The molecule has 0 unspecified atom stereocenters. The van der Waals surface area contributed by atoms with Gasteiger partial charge in [-0.25, -0.2) is 4.98 Å². The molecule has 120 valence electrons. The maximum atomic E-state index is 12.3. The minimum absolute atomic E-state index is 0.282. The Bertz CT molecular complexity index is 963. The summed E-state index contributed by atoms with van der Waals surface area (Å²) in [4.78, 5) is 21.0. The highest BCUT2D eigenvalue weighted by molar-refractivity contribution is 6.08. The largest absolute Gasteiger partial charge is 0.481 e. The minimum Gasteiger partial charge on any atom is -0.481 e. The van der Waals surface area contributed by atoms with Crippen molar-refractivity contribution >= 4 is 11.6 Å². The van der Waals surface area contributed by atoms with E-state index in [1.165, 1.54) is 0 Å². The van der Waals surface area contributed by atoms with Crippen LogP contribution in [0.2, 0.25) is 0 Å². The normalized spacial score (nSPS) is 10.3. The van der Waals surface area contributed by atoms with Crippen LogP contribution in [0.4, 0.5) is 0 Å². The monoisotopic (exact) mass is 319 g/mol. The number of carbonyl (C=O) groups excluding carboxylic acids is 1. The molecule has 0 saturated heterocycles. The summed E-state index contributed by atoms with van der Waals surface area (Å²) in [5, 5.41) is 0. The number of nitrogens with zero attached hydrogens (tertiary/aromatic N) is 3. The number of imidazole rings is 1. The second-order valence-electron chi connectivity index (χ2n) is 5.28. The van der Waals surface area contributed by atoms with Gasteiger partial charge in [-0.05, 0) is 31.4 Å². The van der Waals surface area contributed by atoms with Gasteiger partial charge in [0.25, 0.3) is 5.78 Å². The summed E-state index contributed by atoms with van der Waals surface area (Å²) in [7, 11) is 1.58. The van der Waals surface area contributed by atoms with Gasteiger partial charge in [0.1, 0.15) is 5.69 Å².